The second kappa shape index (κ2) is 12.7. The molecule has 1 aliphatic carbocycles. The van der Waals surface area contributed by atoms with Crippen LogP contribution in [0, 0.1) is 0 Å². The first kappa shape index (κ1) is 30.4. The summed E-state index contributed by atoms with van der Waals surface area (Å²) < 4.78 is 2.40. The molecule has 0 N–H and O–H groups in total. The third-order valence-corrected chi connectivity index (χ3v) is 11.1. The Morgan fingerprint density at radius 2 is 0.942 bits per heavy atom. The summed E-state index contributed by atoms with van der Waals surface area (Å²) in [6.45, 7) is 0. The summed E-state index contributed by atoms with van der Waals surface area (Å²) in [4.78, 5) is 0. The van der Waals surface area contributed by atoms with E-state index >= 15 is 0 Å². The van der Waals surface area contributed by atoms with Gasteiger partial charge in [-0.2, -0.15) is 0 Å². The van der Waals surface area contributed by atoms with E-state index in [0.29, 0.717) is 5.92 Å². The minimum atomic E-state index is 0.427. The largest absolute Gasteiger partial charge is 0.309 e. The number of aromatic nitrogens is 1. The number of fused-ring (bicyclic) bond motifs is 6. The second-order valence-electron chi connectivity index (χ2n) is 14.0. The maximum Gasteiger partial charge on any atom is 0.0541 e. The lowest BCUT2D eigenvalue weighted by molar-refractivity contribution is 0.729. The van der Waals surface area contributed by atoms with Gasteiger partial charge in [-0.25, -0.2) is 0 Å². The molecule has 246 valence electrons. The Morgan fingerprint density at radius 1 is 0.365 bits per heavy atom. The Kier molecular flexibility index (Phi) is 7.43. The van der Waals surface area contributed by atoms with Gasteiger partial charge in [-0.1, -0.05) is 158 Å². The fraction of sp³-hybridized carbons (Fsp3) is 0.0588. The highest BCUT2D eigenvalue weighted by atomic mass is 15.0. The Balaban J connectivity index is 0.977. The van der Waals surface area contributed by atoms with Crippen LogP contribution in [0.15, 0.2) is 194 Å². The number of rotatable bonds is 7. The molecule has 1 atom stereocenters. The Bertz CT molecular complexity index is 2720. The summed E-state index contributed by atoms with van der Waals surface area (Å²) in [6, 6.07) is 71.4. The summed E-state index contributed by atoms with van der Waals surface area (Å²) in [5.74, 6) is 0.427. The van der Waals surface area contributed by atoms with E-state index in [1.807, 2.05) is 0 Å². The van der Waals surface area contributed by atoms with Gasteiger partial charge in [0.1, 0.15) is 0 Å². The maximum absolute atomic E-state index is 2.42. The van der Waals surface area contributed by atoms with E-state index in [2.05, 4.69) is 199 Å². The number of hydrogen-bond acceptors (Lipinski definition) is 0. The lowest BCUT2D eigenvalue weighted by Crippen LogP contribution is -1.99. The van der Waals surface area contributed by atoms with Crippen molar-refractivity contribution in [3.8, 4) is 50.2 Å². The van der Waals surface area contributed by atoms with Crippen molar-refractivity contribution in [2.75, 3.05) is 0 Å². The highest BCUT2D eigenvalue weighted by Gasteiger charge is 2.28. The Morgan fingerprint density at radius 3 is 1.77 bits per heavy atom. The van der Waals surface area contributed by atoms with Gasteiger partial charge in [0.25, 0.3) is 0 Å². The van der Waals surface area contributed by atoms with Crippen molar-refractivity contribution in [1.82, 2.24) is 4.57 Å². The molecule has 1 aliphatic rings. The topological polar surface area (TPSA) is 4.93 Å². The van der Waals surface area contributed by atoms with Crippen LogP contribution >= 0.6 is 0 Å². The van der Waals surface area contributed by atoms with E-state index in [4.69, 9.17) is 0 Å². The van der Waals surface area contributed by atoms with E-state index in [0.717, 1.165) is 12.8 Å². The number of benzene rings is 8. The predicted molar refractivity (Wildman–Crippen MR) is 219 cm³/mol. The molecule has 1 heteroatoms. The van der Waals surface area contributed by atoms with Crippen molar-refractivity contribution in [3.63, 3.8) is 0 Å². The zero-order valence-electron chi connectivity index (χ0n) is 28.9. The standard InChI is InChI=1S/C51H37N/c1-3-12-35(13-4-1)22-29-45-43-18-7-8-19-44(43)48-33-40(27-30-46(45)48)37-23-25-38(26-24-37)41-28-31-51-49(34-41)47-20-9-10-21-50(47)52(51)42-17-11-16-39(32-42)36-14-5-2-6-15-36/h1-21,23-28,30-34,45H,22,29H2. The SMILES string of the molecule is c1ccc(CCC2c3ccccc3-c3cc(-c4ccc(-c5ccc6c(c5)c5ccccc5n6-c5cccc(-c6ccccc6)c5)cc4)ccc32)cc1. The van der Waals surface area contributed by atoms with Crippen molar-refractivity contribution in [1.29, 1.82) is 0 Å². The van der Waals surface area contributed by atoms with E-state index < -0.39 is 0 Å². The van der Waals surface area contributed by atoms with Gasteiger partial charge in [-0.15, -0.1) is 0 Å². The zero-order chi connectivity index (χ0) is 34.4. The summed E-state index contributed by atoms with van der Waals surface area (Å²) in [5, 5.41) is 2.53. The number of aryl methyl sites for hydroxylation is 1. The molecule has 0 fully saturated rings. The van der Waals surface area contributed by atoms with Crippen LogP contribution in [0.1, 0.15) is 29.0 Å². The van der Waals surface area contributed by atoms with Crippen LogP contribution in [0.2, 0.25) is 0 Å². The first-order chi connectivity index (χ1) is 25.8. The molecule has 0 amide bonds. The molecule has 8 aromatic carbocycles. The second-order valence-corrected chi connectivity index (χ2v) is 14.0. The average Bonchev–Trinajstić information content (AvgIpc) is 3.72. The molecular weight excluding hydrogens is 627 g/mol. The minimum absolute atomic E-state index is 0.427. The van der Waals surface area contributed by atoms with Crippen molar-refractivity contribution in [2.45, 2.75) is 18.8 Å². The van der Waals surface area contributed by atoms with Crippen molar-refractivity contribution in [2.24, 2.45) is 0 Å². The summed E-state index contributed by atoms with van der Waals surface area (Å²) >= 11 is 0. The molecule has 0 aliphatic heterocycles. The third-order valence-electron chi connectivity index (χ3n) is 11.1. The Labute approximate surface area is 305 Å². The van der Waals surface area contributed by atoms with E-state index in [1.54, 1.807) is 0 Å². The van der Waals surface area contributed by atoms with Gasteiger partial charge in [0.2, 0.25) is 0 Å². The average molecular weight is 664 g/mol. The van der Waals surface area contributed by atoms with Crippen LogP contribution in [0.5, 0.6) is 0 Å². The molecule has 52 heavy (non-hydrogen) atoms. The first-order valence-corrected chi connectivity index (χ1v) is 18.4. The van der Waals surface area contributed by atoms with Crippen LogP contribution in [-0.2, 0) is 6.42 Å². The normalized spacial score (nSPS) is 13.3. The Hall–Kier alpha value is -6.44. The van der Waals surface area contributed by atoms with Crippen LogP contribution in [0.3, 0.4) is 0 Å². The molecule has 1 heterocycles. The lowest BCUT2D eigenvalue weighted by Gasteiger charge is -2.14. The predicted octanol–water partition coefficient (Wildman–Crippen LogP) is 13.5. The van der Waals surface area contributed by atoms with Crippen LogP contribution in [-0.4, -0.2) is 4.57 Å². The highest BCUT2D eigenvalue weighted by Crippen LogP contribution is 2.48. The molecule has 9 aromatic rings. The minimum Gasteiger partial charge on any atom is -0.309 e. The maximum atomic E-state index is 2.42. The van der Waals surface area contributed by atoms with Gasteiger partial charge in [0.15, 0.2) is 0 Å². The van der Waals surface area contributed by atoms with Gasteiger partial charge in [-0.3, -0.25) is 0 Å². The van der Waals surface area contributed by atoms with Gasteiger partial charge < -0.3 is 4.57 Å². The molecule has 0 spiro atoms. The fourth-order valence-electron chi connectivity index (χ4n) is 8.49. The fourth-order valence-corrected chi connectivity index (χ4v) is 8.49. The quantitative estimate of drug-likeness (QED) is 0.160. The monoisotopic (exact) mass is 663 g/mol. The molecule has 0 bridgehead atoms. The molecule has 1 nitrogen and oxygen atoms in total. The number of para-hydroxylation sites is 1. The van der Waals surface area contributed by atoms with Crippen molar-refractivity contribution >= 4 is 21.8 Å². The third kappa shape index (κ3) is 5.25. The molecular formula is C51H37N. The van der Waals surface area contributed by atoms with Gasteiger partial charge in [0.05, 0.1) is 11.0 Å². The van der Waals surface area contributed by atoms with E-state index in [-0.39, 0.29) is 0 Å². The van der Waals surface area contributed by atoms with Gasteiger partial charge >= 0.3 is 0 Å². The van der Waals surface area contributed by atoms with E-state index in [9.17, 15) is 0 Å². The first-order valence-electron chi connectivity index (χ1n) is 18.4. The van der Waals surface area contributed by atoms with Gasteiger partial charge in [-0.05, 0) is 110 Å². The molecule has 0 saturated carbocycles. The zero-order valence-corrected chi connectivity index (χ0v) is 28.9. The van der Waals surface area contributed by atoms with Crippen LogP contribution < -0.4 is 0 Å². The van der Waals surface area contributed by atoms with Crippen molar-refractivity contribution < 1.29 is 0 Å². The highest BCUT2D eigenvalue weighted by molar-refractivity contribution is 6.10. The number of nitrogens with zero attached hydrogens (tertiary/aromatic N) is 1. The lowest BCUT2D eigenvalue weighted by atomic mass is 9.90. The van der Waals surface area contributed by atoms with Crippen molar-refractivity contribution in [3.05, 3.63) is 211 Å². The summed E-state index contributed by atoms with van der Waals surface area (Å²) in [6.07, 6.45) is 2.20. The van der Waals surface area contributed by atoms with E-state index in [1.165, 1.54) is 88.7 Å². The van der Waals surface area contributed by atoms with Crippen LogP contribution in [0.4, 0.5) is 0 Å². The smallest absolute Gasteiger partial charge is 0.0541 e. The van der Waals surface area contributed by atoms with Gasteiger partial charge in [0, 0.05) is 22.4 Å². The molecule has 1 aromatic heterocycles. The molecule has 1 unspecified atom stereocenters. The van der Waals surface area contributed by atoms with Crippen LogP contribution in [0.25, 0.3) is 72.0 Å². The summed E-state index contributed by atoms with van der Waals surface area (Å²) in [7, 11) is 0. The number of hydrogen-bond donors (Lipinski definition) is 0. The summed E-state index contributed by atoms with van der Waals surface area (Å²) in [5.41, 5.74) is 18.1. The molecule has 0 radical (unpaired) electrons. The molecule has 0 saturated heterocycles. The molecule has 10 rings (SSSR count).